The molecule has 2 amide bonds. The van der Waals surface area contributed by atoms with Crippen molar-refractivity contribution in [1.82, 2.24) is 9.80 Å². The number of hydrogen-bond donors (Lipinski definition) is 0. The maximum absolute atomic E-state index is 13.4. The molecule has 2 fully saturated rings. The average Bonchev–Trinajstić information content (AvgIpc) is 3.26. The molecule has 0 radical (unpaired) electrons. The number of hydrogen-bond acceptors (Lipinski definition) is 5. The lowest BCUT2D eigenvalue weighted by atomic mass is 9.85. The van der Waals surface area contributed by atoms with Crippen molar-refractivity contribution in [3.05, 3.63) is 35.9 Å². The molecule has 2 aliphatic rings. The molecule has 2 aliphatic heterocycles. The van der Waals surface area contributed by atoms with Crippen LogP contribution >= 0.6 is 0 Å². The Morgan fingerprint density at radius 2 is 1.74 bits per heavy atom. The van der Waals surface area contributed by atoms with Gasteiger partial charge in [0.15, 0.2) is 0 Å². The van der Waals surface area contributed by atoms with Crippen LogP contribution in [0.3, 0.4) is 0 Å². The van der Waals surface area contributed by atoms with Crippen LogP contribution in [0.1, 0.15) is 53.0 Å². The van der Waals surface area contributed by atoms with Crippen LogP contribution in [-0.2, 0) is 25.7 Å². The van der Waals surface area contributed by atoms with E-state index in [2.05, 4.69) is 0 Å². The number of rotatable bonds is 5. The minimum Gasteiger partial charge on any atom is -0.459 e. The maximum atomic E-state index is 13.4. The van der Waals surface area contributed by atoms with Gasteiger partial charge in [-0.25, -0.2) is 9.59 Å². The molecule has 0 saturated carbocycles. The smallest absolute Gasteiger partial charge is 0.410 e. The number of carbonyl (C=O) groups is 3. The molecule has 1 spiro atoms. The molecule has 3 rings (SSSR count). The number of amides is 2. The summed E-state index contributed by atoms with van der Waals surface area (Å²) in [6.45, 7) is 10.8. The van der Waals surface area contributed by atoms with Crippen molar-refractivity contribution >= 4 is 18.0 Å². The summed E-state index contributed by atoms with van der Waals surface area (Å²) in [6.07, 6.45) is 0.824. The van der Waals surface area contributed by atoms with Crippen molar-refractivity contribution in [2.45, 2.75) is 65.7 Å². The molecule has 2 atom stereocenters. The third-order valence-corrected chi connectivity index (χ3v) is 5.98. The van der Waals surface area contributed by atoms with E-state index in [0.29, 0.717) is 32.5 Å². The number of ether oxygens (including phenoxy) is 2. The summed E-state index contributed by atoms with van der Waals surface area (Å²) >= 11 is 0. The predicted octanol–water partition coefficient (Wildman–Crippen LogP) is 3.61. The SMILES string of the molecule is CC(C)[C@@H](C(=O)OCc1ccccc1)N1CC[C@]2(CCN(C(=O)OC(C)(C)C)C2)C1=O. The van der Waals surface area contributed by atoms with E-state index in [1.807, 2.05) is 65.0 Å². The number of likely N-dealkylation sites (tertiary alicyclic amines) is 2. The summed E-state index contributed by atoms with van der Waals surface area (Å²) in [5.74, 6) is -0.522. The monoisotopic (exact) mass is 430 g/mol. The normalized spacial score (nSPS) is 22.3. The van der Waals surface area contributed by atoms with Gasteiger partial charge in [-0.2, -0.15) is 0 Å². The largest absolute Gasteiger partial charge is 0.459 e. The quantitative estimate of drug-likeness (QED) is 0.667. The van der Waals surface area contributed by atoms with Gasteiger partial charge in [-0.3, -0.25) is 4.79 Å². The van der Waals surface area contributed by atoms with Gasteiger partial charge in [0.2, 0.25) is 5.91 Å². The van der Waals surface area contributed by atoms with Crippen LogP contribution in [0.5, 0.6) is 0 Å². The summed E-state index contributed by atoms with van der Waals surface area (Å²) in [5, 5.41) is 0. The van der Waals surface area contributed by atoms with Gasteiger partial charge in [0.1, 0.15) is 18.2 Å². The van der Waals surface area contributed by atoms with E-state index in [4.69, 9.17) is 9.47 Å². The lowest BCUT2D eigenvalue weighted by molar-refractivity contribution is -0.158. The molecule has 31 heavy (non-hydrogen) atoms. The van der Waals surface area contributed by atoms with E-state index < -0.39 is 23.2 Å². The Hall–Kier alpha value is -2.57. The third-order valence-electron chi connectivity index (χ3n) is 5.98. The standard InChI is InChI=1S/C24H34N2O5/c1-17(2)19(20(27)30-15-18-9-7-6-8-10-18)26-14-12-24(21(26)28)11-13-25(16-24)22(29)31-23(3,4)5/h6-10,17,19H,11-16H2,1-5H3/t19-,24-/m0/s1. The fourth-order valence-corrected chi connectivity index (χ4v) is 4.42. The Balaban J connectivity index is 1.66. The van der Waals surface area contributed by atoms with E-state index in [9.17, 15) is 14.4 Å². The molecule has 1 aromatic carbocycles. The molecule has 0 aromatic heterocycles. The zero-order chi connectivity index (χ0) is 22.8. The van der Waals surface area contributed by atoms with E-state index >= 15 is 0 Å². The topological polar surface area (TPSA) is 76.2 Å². The van der Waals surface area contributed by atoms with Gasteiger partial charge in [0, 0.05) is 19.6 Å². The summed E-state index contributed by atoms with van der Waals surface area (Å²) in [5.41, 5.74) is -0.306. The fraction of sp³-hybridized carbons (Fsp3) is 0.625. The molecule has 2 heterocycles. The molecule has 170 valence electrons. The first kappa shape index (κ1) is 23.1. The van der Waals surface area contributed by atoms with Crippen molar-refractivity contribution < 1.29 is 23.9 Å². The second-order valence-electron chi connectivity index (χ2n) is 9.96. The van der Waals surface area contributed by atoms with Gasteiger partial charge in [-0.05, 0) is 45.1 Å². The first-order valence-electron chi connectivity index (χ1n) is 11.0. The Labute approximate surface area is 184 Å². The van der Waals surface area contributed by atoms with Crippen molar-refractivity contribution in [2.24, 2.45) is 11.3 Å². The van der Waals surface area contributed by atoms with E-state index in [0.717, 1.165) is 5.56 Å². The Morgan fingerprint density at radius 1 is 1.10 bits per heavy atom. The van der Waals surface area contributed by atoms with Crippen LogP contribution in [0.4, 0.5) is 4.79 Å². The molecule has 1 aromatic rings. The highest BCUT2D eigenvalue weighted by molar-refractivity contribution is 5.91. The van der Waals surface area contributed by atoms with Gasteiger partial charge >= 0.3 is 12.1 Å². The lowest BCUT2D eigenvalue weighted by Crippen LogP contribution is -2.49. The Bertz CT molecular complexity index is 817. The number of nitrogens with zero attached hydrogens (tertiary/aromatic N) is 2. The lowest BCUT2D eigenvalue weighted by Gasteiger charge is -2.31. The molecule has 7 heteroatoms. The van der Waals surface area contributed by atoms with Gasteiger partial charge in [0.05, 0.1) is 5.41 Å². The first-order valence-corrected chi connectivity index (χ1v) is 11.0. The highest BCUT2D eigenvalue weighted by Crippen LogP contribution is 2.42. The fourth-order valence-electron chi connectivity index (χ4n) is 4.42. The van der Waals surface area contributed by atoms with Gasteiger partial charge < -0.3 is 19.3 Å². The third kappa shape index (κ3) is 5.20. The molecule has 0 N–H and O–H groups in total. The minimum atomic E-state index is -0.635. The van der Waals surface area contributed by atoms with Crippen molar-refractivity contribution in [2.75, 3.05) is 19.6 Å². The highest BCUT2D eigenvalue weighted by Gasteiger charge is 2.54. The Morgan fingerprint density at radius 3 is 2.35 bits per heavy atom. The van der Waals surface area contributed by atoms with Crippen LogP contribution in [0.25, 0.3) is 0 Å². The zero-order valence-corrected chi connectivity index (χ0v) is 19.2. The molecule has 0 unspecified atom stereocenters. The molecular weight excluding hydrogens is 396 g/mol. The second-order valence-corrected chi connectivity index (χ2v) is 9.96. The molecule has 2 saturated heterocycles. The van der Waals surface area contributed by atoms with Crippen LogP contribution in [-0.4, -0.2) is 59.0 Å². The number of carbonyl (C=O) groups excluding carboxylic acids is 3. The number of esters is 1. The van der Waals surface area contributed by atoms with Gasteiger partial charge in [-0.15, -0.1) is 0 Å². The molecular formula is C24H34N2O5. The summed E-state index contributed by atoms with van der Waals surface area (Å²) in [6, 6.07) is 8.87. The van der Waals surface area contributed by atoms with Gasteiger partial charge in [0.25, 0.3) is 0 Å². The van der Waals surface area contributed by atoms with Crippen molar-refractivity contribution in [3.8, 4) is 0 Å². The summed E-state index contributed by atoms with van der Waals surface area (Å²) in [4.78, 5) is 42.1. The van der Waals surface area contributed by atoms with Crippen molar-refractivity contribution in [1.29, 1.82) is 0 Å². The maximum Gasteiger partial charge on any atom is 0.410 e. The molecule has 0 aliphatic carbocycles. The summed E-state index contributed by atoms with van der Waals surface area (Å²) in [7, 11) is 0. The van der Waals surface area contributed by atoms with E-state index in [1.54, 1.807) is 9.80 Å². The number of benzene rings is 1. The van der Waals surface area contributed by atoms with Crippen molar-refractivity contribution in [3.63, 3.8) is 0 Å². The van der Waals surface area contributed by atoms with Crippen LogP contribution in [0.2, 0.25) is 0 Å². The van der Waals surface area contributed by atoms with Crippen LogP contribution in [0, 0.1) is 11.3 Å². The predicted molar refractivity (Wildman–Crippen MR) is 116 cm³/mol. The van der Waals surface area contributed by atoms with E-state index in [1.165, 1.54) is 0 Å². The molecule has 0 bridgehead atoms. The summed E-state index contributed by atoms with van der Waals surface area (Å²) < 4.78 is 11.0. The minimum absolute atomic E-state index is 0.0612. The highest BCUT2D eigenvalue weighted by atomic mass is 16.6. The van der Waals surface area contributed by atoms with Crippen LogP contribution in [0.15, 0.2) is 30.3 Å². The average molecular weight is 431 g/mol. The first-order chi connectivity index (χ1) is 14.5. The second kappa shape index (κ2) is 8.89. The van der Waals surface area contributed by atoms with E-state index in [-0.39, 0.29) is 24.4 Å². The molecule has 7 nitrogen and oxygen atoms in total. The Kier molecular flexibility index (Phi) is 6.62. The zero-order valence-electron chi connectivity index (χ0n) is 19.2. The van der Waals surface area contributed by atoms with Gasteiger partial charge in [-0.1, -0.05) is 44.2 Å². The van der Waals surface area contributed by atoms with Crippen LogP contribution < -0.4 is 0 Å².